The van der Waals surface area contributed by atoms with Crippen LogP contribution < -0.4 is 15.6 Å². The number of fused-ring (bicyclic) bond motifs is 1. The van der Waals surface area contributed by atoms with E-state index in [9.17, 15) is 13.6 Å². The molecule has 0 aromatic heterocycles. The molecule has 1 N–H and O–H groups in total. The Morgan fingerprint density at radius 1 is 1.11 bits per heavy atom. The van der Waals surface area contributed by atoms with E-state index in [0.29, 0.717) is 56.3 Å². The standard InChI is InChI=1S/C21H19F2N2O3/c22-14-10-15(23)12-16(11-14)24-4-3-17-19(25-5-8-27-9-6-25)13-20(26)18-2-1-7-28-21(17)18/h2,7,10-13,24H,3-6,8-9H2. The highest BCUT2D eigenvalue weighted by Gasteiger charge is 2.23. The molecule has 0 saturated carbocycles. The lowest BCUT2D eigenvalue weighted by atomic mass is 9.98. The quantitative estimate of drug-likeness (QED) is 0.730. The molecule has 0 amide bonds. The molecule has 4 rings (SSSR count). The molecule has 1 fully saturated rings. The van der Waals surface area contributed by atoms with Crippen molar-refractivity contribution < 1.29 is 17.9 Å². The summed E-state index contributed by atoms with van der Waals surface area (Å²) >= 11 is 0. The van der Waals surface area contributed by atoms with Gasteiger partial charge in [0.1, 0.15) is 17.4 Å². The van der Waals surface area contributed by atoms with Gasteiger partial charge in [-0.1, -0.05) is 0 Å². The summed E-state index contributed by atoms with van der Waals surface area (Å²) in [7, 11) is 0. The Labute approximate surface area is 160 Å². The van der Waals surface area contributed by atoms with Crippen LogP contribution in [0.5, 0.6) is 0 Å². The maximum absolute atomic E-state index is 13.4. The van der Waals surface area contributed by atoms with E-state index in [2.05, 4.69) is 16.3 Å². The van der Waals surface area contributed by atoms with Gasteiger partial charge in [-0.05, 0) is 24.6 Å². The second-order valence-corrected chi connectivity index (χ2v) is 6.60. The molecule has 2 aliphatic heterocycles. The third kappa shape index (κ3) is 3.84. The van der Waals surface area contributed by atoms with Crippen LogP contribution in [0.2, 0.25) is 0 Å². The van der Waals surface area contributed by atoms with Gasteiger partial charge in [0.25, 0.3) is 0 Å². The number of ether oxygens (including phenoxy) is 1. The van der Waals surface area contributed by atoms with E-state index in [1.807, 2.05) is 0 Å². The highest BCUT2D eigenvalue weighted by molar-refractivity contribution is 5.72. The zero-order chi connectivity index (χ0) is 19.5. The molecular weight excluding hydrogens is 366 g/mol. The van der Waals surface area contributed by atoms with E-state index in [1.54, 1.807) is 12.1 Å². The van der Waals surface area contributed by atoms with Crippen LogP contribution in [0.1, 0.15) is 5.56 Å². The highest BCUT2D eigenvalue weighted by atomic mass is 19.1. The number of hydrogen-bond acceptors (Lipinski definition) is 5. The summed E-state index contributed by atoms with van der Waals surface area (Å²) in [5.41, 5.74) is 2.38. The Morgan fingerprint density at radius 2 is 1.86 bits per heavy atom. The lowest BCUT2D eigenvalue weighted by Gasteiger charge is -2.31. The minimum atomic E-state index is -0.636. The molecule has 3 aliphatic rings. The van der Waals surface area contributed by atoms with Crippen molar-refractivity contribution in [3.8, 4) is 11.3 Å². The zero-order valence-corrected chi connectivity index (χ0v) is 15.1. The first-order valence-corrected chi connectivity index (χ1v) is 9.09. The second kappa shape index (κ2) is 7.98. The normalized spacial score (nSPS) is 14.4. The minimum Gasteiger partial charge on any atom is -0.463 e. The van der Waals surface area contributed by atoms with Gasteiger partial charge in [-0.15, -0.1) is 0 Å². The van der Waals surface area contributed by atoms with E-state index < -0.39 is 11.6 Å². The first-order chi connectivity index (χ1) is 13.6. The average Bonchev–Trinajstić information content (AvgIpc) is 2.69. The number of anilines is 2. The third-order valence-corrected chi connectivity index (χ3v) is 4.75. The molecule has 0 spiro atoms. The minimum absolute atomic E-state index is 0.124. The average molecular weight is 385 g/mol. The summed E-state index contributed by atoms with van der Waals surface area (Å²) in [4.78, 5) is 14.6. The van der Waals surface area contributed by atoms with Crippen molar-refractivity contribution in [1.82, 2.24) is 0 Å². The van der Waals surface area contributed by atoms with Crippen LogP contribution in [0.15, 0.2) is 45.8 Å². The molecule has 1 saturated heterocycles. The van der Waals surface area contributed by atoms with Gasteiger partial charge in [0, 0.05) is 54.8 Å². The summed E-state index contributed by atoms with van der Waals surface area (Å²) in [6.07, 6.45) is 1.93. The number of hydrogen-bond donors (Lipinski definition) is 1. The van der Waals surface area contributed by atoms with E-state index in [0.717, 1.165) is 17.3 Å². The highest BCUT2D eigenvalue weighted by Crippen LogP contribution is 2.31. The number of nitrogens with zero attached hydrogens (tertiary/aromatic N) is 1. The van der Waals surface area contributed by atoms with E-state index in [-0.39, 0.29) is 5.43 Å². The number of rotatable bonds is 5. The van der Waals surface area contributed by atoms with Gasteiger partial charge in [0.2, 0.25) is 0 Å². The fourth-order valence-electron chi connectivity index (χ4n) is 3.48. The molecule has 2 heterocycles. The molecule has 0 unspecified atom stereocenters. The molecule has 1 aliphatic carbocycles. The summed E-state index contributed by atoms with van der Waals surface area (Å²) in [5, 5.41) is 3.03. The van der Waals surface area contributed by atoms with Crippen molar-refractivity contribution in [1.29, 1.82) is 0 Å². The van der Waals surface area contributed by atoms with Gasteiger partial charge in [-0.3, -0.25) is 4.79 Å². The second-order valence-electron chi connectivity index (χ2n) is 6.60. The third-order valence-electron chi connectivity index (χ3n) is 4.75. The first kappa shape index (κ1) is 18.4. The van der Waals surface area contributed by atoms with E-state index in [1.165, 1.54) is 18.4 Å². The predicted molar refractivity (Wildman–Crippen MR) is 102 cm³/mol. The summed E-state index contributed by atoms with van der Waals surface area (Å²) in [6.45, 7) is 2.96. The lowest BCUT2D eigenvalue weighted by molar-refractivity contribution is 0.122. The van der Waals surface area contributed by atoms with Crippen molar-refractivity contribution in [2.75, 3.05) is 43.1 Å². The van der Waals surface area contributed by atoms with Crippen LogP contribution in [-0.2, 0) is 11.2 Å². The largest absolute Gasteiger partial charge is 0.463 e. The topological polar surface area (TPSA) is 54.7 Å². The number of nitrogens with one attached hydrogen (secondary N) is 1. The fraction of sp³-hybridized carbons (Fsp3) is 0.286. The van der Waals surface area contributed by atoms with Gasteiger partial charge in [-0.2, -0.15) is 0 Å². The Balaban J connectivity index is 1.64. The summed E-state index contributed by atoms with van der Waals surface area (Å²) in [6, 6.07) is 9.34. The maximum Gasteiger partial charge on any atom is 0.191 e. The monoisotopic (exact) mass is 385 g/mol. The van der Waals surface area contributed by atoms with Gasteiger partial charge >= 0.3 is 0 Å². The summed E-state index contributed by atoms with van der Waals surface area (Å²) < 4.78 is 37.8. The van der Waals surface area contributed by atoms with Crippen LogP contribution in [0.4, 0.5) is 20.2 Å². The smallest absolute Gasteiger partial charge is 0.191 e. The van der Waals surface area contributed by atoms with Crippen LogP contribution in [0.3, 0.4) is 0 Å². The van der Waals surface area contributed by atoms with Crippen LogP contribution in [0.25, 0.3) is 11.3 Å². The predicted octanol–water partition coefficient (Wildman–Crippen LogP) is 3.31. The summed E-state index contributed by atoms with van der Waals surface area (Å²) in [5.74, 6) is -0.758. The molecule has 145 valence electrons. The number of benzene rings is 2. The van der Waals surface area contributed by atoms with Crippen molar-refractivity contribution in [2.45, 2.75) is 6.42 Å². The van der Waals surface area contributed by atoms with E-state index in [4.69, 9.17) is 9.15 Å². The van der Waals surface area contributed by atoms with Crippen molar-refractivity contribution in [2.24, 2.45) is 0 Å². The Morgan fingerprint density at radius 3 is 2.61 bits per heavy atom. The molecule has 1 aromatic rings. The van der Waals surface area contributed by atoms with Crippen LogP contribution >= 0.6 is 0 Å². The Bertz CT molecular complexity index is 979. The van der Waals surface area contributed by atoms with Crippen LogP contribution in [-0.4, -0.2) is 32.8 Å². The maximum atomic E-state index is 13.4. The molecule has 28 heavy (non-hydrogen) atoms. The van der Waals surface area contributed by atoms with Crippen molar-refractivity contribution >= 4 is 11.4 Å². The first-order valence-electron chi connectivity index (χ1n) is 9.09. The molecule has 1 aromatic carbocycles. The van der Waals surface area contributed by atoms with E-state index >= 15 is 0 Å². The zero-order valence-electron chi connectivity index (χ0n) is 15.1. The van der Waals surface area contributed by atoms with Gasteiger partial charge < -0.3 is 19.4 Å². The molecule has 5 nitrogen and oxygen atoms in total. The van der Waals surface area contributed by atoms with Gasteiger partial charge in [-0.25, -0.2) is 8.78 Å². The molecule has 0 atom stereocenters. The lowest BCUT2D eigenvalue weighted by Crippen LogP contribution is -2.37. The van der Waals surface area contributed by atoms with Gasteiger partial charge in [0.05, 0.1) is 25.0 Å². The molecule has 1 radical (unpaired) electrons. The Hall–Kier alpha value is -2.93. The van der Waals surface area contributed by atoms with Crippen molar-refractivity contribution in [3.63, 3.8) is 0 Å². The number of halogens is 2. The molecule has 7 heteroatoms. The SMILES string of the molecule is O=c1cc(N2CCOCC2)c(CCNc2cc(F)cc(F)c2)c2oc[c]cc1-2. The molecule has 0 bridgehead atoms. The molecular formula is C21H19F2N2O3. The van der Waals surface area contributed by atoms with Crippen LogP contribution in [0, 0.1) is 17.7 Å². The van der Waals surface area contributed by atoms with Gasteiger partial charge in [0.15, 0.2) is 5.43 Å². The fourth-order valence-corrected chi connectivity index (χ4v) is 3.48. The number of morpholine rings is 1. The Kier molecular flexibility index (Phi) is 5.25. The van der Waals surface area contributed by atoms with Crippen molar-refractivity contribution in [3.05, 3.63) is 70.1 Å².